The van der Waals surface area contributed by atoms with Crippen molar-refractivity contribution in [2.75, 3.05) is 13.4 Å². The minimum absolute atomic E-state index is 0.140. The van der Waals surface area contributed by atoms with Gasteiger partial charge in [0.15, 0.2) is 11.5 Å². The summed E-state index contributed by atoms with van der Waals surface area (Å²) in [5.41, 5.74) is 1.55. The Bertz CT molecular complexity index is 806. The predicted octanol–water partition coefficient (Wildman–Crippen LogP) is 3.13. The Balaban J connectivity index is 1.57. The molecule has 0 unspecified atom stereocenters. The molecule has 130 valence electrons. The van der Waals surface area contributed by atoms with Gasteiger partial charge in [0, 0.05) is 10.9 Å². The Morgan fingerprint density at radius 1 is 1.12 bits per heavy atom. The van der Waals surface area contributed by atoms with Crippen molar-refractivity contribution in [3.05, 3.63) is 58.6 Å². The molecule has 25 heavy (non-hydrogen) atoms. The SMILES string of the molecule is O=C1OC[C@H](Cc2ccc3c(c2)OCO3)[C@H]1[C@@H](O)c1ccccc1Cl. The Labute approximate surface area is 150 Å². The van der Waals surface area contributed by atoms with Crippen LogP contribution in [-0.4, -0.2) is 24.5 Å². The van der Waals surface area contributed by atoms with Gasteiger partial charge in [0.05, 0.1) is 18.6 Å². The Kier molecular flexibility index (Phi) is 4.27. The van der Waals surface area contributed by atoms with Crippen LogP contribution < -0.4 is 9.47 Å². The summed E-state index contributed by atoms with van der Waals surface area (Å²) in [6.07, 6.45) is -0.406. The molecule has 0 radical (unpaired) electrons. The molecule has 1 saturated heterocycles. The van der Waals surface area contributed by atoms with Crippen molar-refractivity contribution in [1.29, 1.82) is 0 Å². The van der Waals surface area contributed by atoms with Crippen molar-refractivity contribution in [2.45, 2.75) is 12.5 Å². The highest BCUT2D eigenvalue weighted by Gasteiger charge is 2.43. The van der Waals surface area contributed by atoms with E-state index in [0.717, 1.165) is 11.3 Å². The molecule has 1 N–H and O–H groups in total. The standard InChI is InChI=1S/C19H17ClO5/c20-14-4-2-1-3-13(14)18(21)17-12(9-23-19(17)22)7-11-5-6-15-16(8-11)25-10-24-15/h1-6,8,12,17-18,21H,7,9-10H2/t12-,17-,18-/m0/s1. The summed E-state index contributed by atoms with van der Waals surface area (Å²) in [6, 6.07) is 12.7. The van der Waals surface area contributed by atoms with Crippen LogP contribution in [0.4, 0.5) is 0 Å². The number of aliphatic hydroxyl groups is 1. The van der Waals surface area contributed by atoms with Gasteiger partial charge in [0.1, 0.15) is 0 Å². The number of cyclic esters (lactones) is 1. The summed E-state index contributed by atoms with van der Waals surface area (Å²) in [7, 11) is 0. The molecular formula is C19H17ClO5. The van der Waals surface area contributed by atoms with E-state index >= 15 is 0 Å². The van der Waals surface area contributed by atoms with Gasteiger partial charge >= 0.3 is 5.97 Å². The number of hydrogen-bond donors (Lipinski definition) is 1. The van der Waals surface area contributed by atoms with E-state index in [1.165, 1.54) is 0 Å². The highest BCUT2D eigenvalue weighted by Crippen LogP contribution is 2.39. The van der Waals surface area contributed by atoms with Gasteiger partial charge in [-0.15, -0.1) is 0 Å². The lowest BCUT2D eigenvalue weighted by Crippen LogP contribution is -2.25. The average Bonchev–Trinajstić information content (AvgIpc) is 3.21. The van der Waals surface area contributed by atoms with E-state index in [4.69, 9.17) is 25.8 Å². The number of esters is 1. The lowest BCUT2D eigenvalue weighted by atomic mass is 9.83. The van der Waals surface area contributed by atoms with E-state index in [-0.39, 0.29) is 19.3 Å². The van der Waals surface area contributed by atoms with Crippen LogP contribution in [-0.2, 0) is 16.0 Å². The molecule has 6 heteroatoms. The average molecular weight is 361 g/mol. The summed E-state index contributed by atoms with van der Waals surface area (Å²) in [5, 5.41) is 11.2. The summed E-state index contributed by atoms with van der Waals surface area (Å²) >= 11 is 6.17. The zero-order valence-corrected chi connectivity index (χ0v) is 14.1. The van der Waals surface area contributed by atoms with Crippen molar-refractivity contribution in [1.82, 2.24) is 0 Å². The maximum atomic E-state index is 12.2. The minimum atomic E-state index is -0.997. The molecule has 0 spiro atoms. The second-order valence-electron chi connectivity index (χ2n) is 6.27. The van der Waals surface area contributed by atoms with Crippen molar-refractivity contribution < 1.29 is 24.1 Å². The number of fused-ring (bicyclic) bond motifs is 1. The largest absolute Gasteiger partial charge is 0.465 e. The number of ether oxygens (including phenoxy) is 3. The van der Waals surface area contributed by atoms with Crippen LogP contribution in [0.15, 0.2) is 42.5 Å². The molecular weight excluding hydrogens is 344 g/mol. The fourth-order valence-corrected chi connectivity index (χ4v) is 3.68. The second kappa shape index (κ2) is 6.58. The first kappa shape index (κ1) is 16.2. The molecule has 0 saturated carbocycles. The van der Waals surface area contributed by atoms with Crippen LogP contribution >= 0.6 is 11.6 Å². The fourth-order valence-electron chi connectivity index (χ4n) is 3.43. The molecule has 2 aromatic carbocycles. The molecule has 5 nitrogen and oxygen atoms in total. The van der Waals surface area contributed by atoms with Gasteiger partial charge in [0.2, 0.25) is 6.79 Å². The molecule has 2 aromatic rings. The van der Waals surface area contributed by atoms with E-state index in [2.05, 4.69) is 0 Å². The zero-order valence-electron chi connectivity index (χ0n) is 13.4. The van der Waals surface area contributed by atoms with Crippen molar-refractivity contribution in [2.24, 2.45) is 11.8 Å². The lowest BCUT2D eigenvalue weighted by molar-refractivity contribution is -0.144. The first-order valence-corrected chi connectivity index (χ1v) is 8.49. The van der Waals surface area contributed by atoms with Crippen LogP contribution in [0, 0.1) is 11.8 Å². The fraction of sp³-hybridized carbons (Fsp3) is 0.316. The predicted molar refractivity (Wildman–Crippen MR) is 90.6 cm³/mol. The summed E-state index contributed by atoms with van der Waals surface area (Å²) < 4.78 is 15.9. The smallest absolute Gasteiger partial charge is 0.312 e. The summed E-state index contributed by atoms with van der Waals surface area (Å²) in [4.78, 5) is 12.2. The Hall–Kier alpha value is -2.24. The lowest BCUT2D eigenvalue weighted by Gasteiger charge is -2.22. The highest BCUT2D eigenvalue weighted by molar-refractivity contribution is 6.31. The number of halogens is 1. The Morgan fingerprint density at radius 3 is 2.76 bits per heavy atom. The van der Waals surface area contributed by atoms with Crippen LogP contribution in [0.2, 0.25) is 5.02 Å². The van der Waals surface area contributed by atoms with Crippen molar-refractivity contribution in [3.63, 3.8) is 0 Å². The molecule has 0 amide bonds. The van der Waals surface area contributed by atoms with Gasteiger partial charge in [-0.3, -0.25) is 4.79 Å². The molecule has 0 bridgehead atoms. The van der Waals surface area contributed by atoms with E-state index in [1.807, 2.05) is 18.2 Å². The summed E-state index contributed by atoms with van der Waals surface area (Å²) in [5.74, 6) is 0.240. The second-order valence-corrected chi connectivity index (χ2v) is 6.68. The van der Waals surface area contributed by atoms with Crippen LogP contribution in [0.25, 0.3) is 0 Å². The van der Waals surface area contributed by atoms with Gasteiger partial charge in [-0.25, -0.2) is 0 Å². The van der Waals surface area contributed by atoms with E-state index < -0.39 is 18.0 Å². The zero-order chi connectivity index (χ0) is 17.4. The quantitative estimate of drug-likeness (QED) is 0.848. The first-order valence-electron chi connectivity index (χ1n) is 8.11. The van der Waals surface area contributed by atoms with E-state index in [9.17, 15) is 9.90 Å². The van der Waals surface area contributed by atoms with Crippen LogP contribution in [0.1, 0.15) is 17.2 Å². The van der Waals surface area contributed by atoms with Crippen molar-refractivity contribution in [3.8, 4) is 11.5 Å². The summed E-state index contributed by atoms with van der Waals surface area (Å²) in [6.45, 7) is 0.497. The maximum Gasteiger partial charge on any atom is 0.312 e. The highest BCUT2D eigenvalue weighted by atomic mass is 35.5. The van der Waals surface area contributed by atoms with Gasteiger partial charge in [0.25, 0.3) is 0 Å². The molecule has 2 aliphatic rings. The molecule has 2 heterocycles. The van der Waals surface area contributed by atoms with Gasteiger partial charge in [-0.1, -0.05) is 35.9 Å². The third-order valence-electron chi connectivity index (χ3n) is 4.72. The Morgan fingerprint density at radius 2 is 1.92 bits per heavy atom. The first-order chi connectivity index (χ1) is 12.1. The molecule has 1 fully saturated rings. The van der Waals surface area contributed by atoms with E-state index in [0.29, 0.717) is 22.8 Å². The van der Waals surface area contributed by atoms with Crippen LogP contribution in [0.5, 0.6) is 11.5 Å². The topological polar surface area (TPSA) is 65.0 Å². The number of rotatable bonds is 4. The van der Waals surface area contributed by atoms with Gasteiger partial charge in [-0.2, -0.15) is 0 Å². The third kappa shape index (κ3) is 3.05. The van der Waals surface area contributed by atoms with Gasteiger partial charge in [-0.05, 0) is 35.7 Å². The maximum absolute atomic E-state index is 12.2. The molecule has 0 aliphatic carbocycles. The number of carbonyl (C=O) groups excluding carboxylic acids is 1. The van der Waals surface area contributed by atoms with Crippen LogP contribution in [0.3, 0.4) is 0 Å². The number of aliphatic hydroxyl groups excluding tert-OH is 1. The van der Waals surface area contributed by atoms with E-state index in [1.54, 1.807) is 24.3 Å². The third-order valence-corrected chi connectivity index (χ3v) is 5.06. The molecule has 4 rings (SSSR count). The molecule has 2 aliphatic heterocycles. The normalized spacial score (nSPS) is 22.7. The number of hydrogen-bond acceptors (Lipinski definition) is 5. The monoisotopic (exact) mass is 360 g/mol. The molecule has 0 aromatic heterocycles. The van der Waals surface area contributed by atoms with Gasteiger partial charge < -0.3 is 19.3 Å². The minimum Gasteiger partial charge on any atom is -0.465 e. The molecule has 3 atom stereocenters. The van der Waals surface area contributed by atoms with Crippen molar-refractivity contribution >= 4 is 17.6 Å². The number of carbonyl (C=O) groups is 1. The number of benzene rings is 2.